The quantitative estimate of drug-likeness (QED) is 0.347. The summed E-state index contributed by atoms with van der Waals surface area (Å²) in [5.74, 6) is -0.798. The summed E-state index contributed by atoms with van der Waals surface area (Å²) in [6, 6.07) is 21.5. The van der Waals surface area contributed by atoms with Gasteiger partial charge in [-0.2, -0.15) is 0 Å². The van der Waals surface area contributed by atoms with Crippen molar-refractivity contribution >= 4 is 46.8 Å². The zero-order valence-corrected chi connectivity index (χ0v) is 21.3. The second-order valence-corrected chi connectivity index (χ2v) is 8.91. The van der Waals surface area contributed by atoms with E-state index in [1.54, 1.807) is 43.3 Å². The van der Waals surface area contributed by atoms with Crippen LogP contribution < -0.4 is 10.2 Å². The maximum atomic E-state index is 12.8. The van der Waals surface area contributed by atoms with Crippen molar-refractivity contribution in [2.24, 2.45) is 0 Å². The number of anilines is 2. The zero-order valence-electron chi connectivity index (χ0n) is 20.5. The number of carbonyl (C=O) groups is 3. The fourth-order valence-corrected chi connectivity index (χ4v) is 4.21. The molecule has 1 saturated heterocycles. The third kappa shape index (κ3) is 6.77. The molecule has 1 fully saturated rings. The highest BCUT2D eigenvalue weighted by atomic mass is 35.5. The number of hydrogen-bond donors (Lipinski definition) is 1. The van der Waals surface area contributed by atoms with E-state index < -0.39 is 5.97 Å². The molecule has 0 spiro atoms. The topological polar surface area (TPSA) is 79.0 Å². The molecule has 8 heteroatoms. The smallest absolute Gasteiger partial charge is 0.338 e. The largest absolute Gasteiger partial charge is 0.462 e. The Morgan fingerprint density at radius 2 is 1.62 bits per heavy atom. The second kappa shape index (κ2) is 12.2. The Balaban J connectivity index is 1.50. The van der Waals surface area contributed by atoms with E-state index in [-0.39, 0.29) is 18.4 Å². The van der Waals surface area contributed by atoms with E-state index in [2.05, 4.69) is 10.2 Å². The molecule has 2 amide bonds. The number of hydrogen-bond acceptors (Lipinski definition) is 5. The first kappa shape index (κ1) is 26.0. The molecule has 1 heterocycles. The lowest BCUT2D eigenvalue weighted by molar-refractivity contribution is -0.111. The lowest BCUT2D eigenvalue weighted by Crippen LogP contribution is -2.49. The van der Waals surface area contributed by atoms with E-state index in [4.69, 9.17) is 16.3 Å². The van der Waals surface area contributed by atoms with Crippen LogP contribution in [0.3, 0.4) is 0 Å². The highest BCUT2D eigenvalue weighted by Crippen LogP contribution is 2.29. The molecule has 1 aliphatic heterocycles. The minimum Gasteiger partial charge on any atom is -0.462 e. The first-order chi connectivity index (χ1) is 17.9. The molecule has 190 valence electrons. The summed E-state index contributed by atoms with van der Waals surface area (Å²) in [6.45, 7) is 4.24. The van der Waals surface area contributed by atoms with Gasteiger partial charge < -0.3 is 19.9 Å². The number of halogens is 1. The SMILES string of the molecule is CCOC(=O)c1ccc(N2CCN(C(=O)c3ccccc3)CC2)c(NC(=O)/C=C/c2ccc(Cl)cc2)c1. The third-order valence-corrected chi connectivity index (χ3v) is 6.24. The fraction of sp³-hybridized carbons (Fsp3) is 0.207. The average Bonchev–Trinajstić information content (AvgIpc) is 2.93. The summed E-state index contributed by atoms with van der Waals surface area (Å²) >= 11 is 5.93. The van der Waals surface area contributed by atoms with Crippen molar-refractivity contribution in [1.82, 2.24) is 4.90 Å². The Morgan fingerprint density at radius 3 is 2.30 bits per heavy atom. The summed E-state index contributed by atoms with van der Waals surface area (Å²) in [5.41, 5.74) is 3.11. The van der Waals surface area contributed by atoms with E-state index >= 15 is 0 Å². The maximum absolute atomic E-state index is 12.8. The lowest BCUT2D eigenvalue weighted by atomic mass is 10.1. The molecule has 0 atom stereocenters. The molecular formula is C29H28ClN3O4. The molecule has 3 aromatic carbocycles. The van der Waals surface area contributed by atoms with E-state index in [1.165, 1.54) is 6.08 Å². The van der Waals surface area contributed by atoms with Crippen LogP contribution in [0.1, 0.15) is 33.2 Å². The van der Waals surface area contributed by atoms with Crippen LogP contribution >= 0.6 is 11.6 Å². The van der Waals surface area contributed by atoms with Gasteiger partial charge in [-0.05, 0) is 61.0 Å². The number of nitrogens with one attached hydrogen (secondary N) is 1. The summed E-state index contributed by atoms with van der Waals surface area (Å²) in [5, 5.41) is 3.52. The van der Waals surface area contributed by atoms with Crippen LogP contribution in [0.25, 0.3) is 6.08 Å². The standard InChI is InChI=1S/C29H28ClN3O4/c1-2-37-29(36)23-11-14-26(25(20-23)31-27(34)15-10-21-8-12-24(30)13-9-21)32-16-18-33(19-17-32)28(35)22-6-4-3-5-7-22/h3-15,20H,2,16-19H2,1H3,(H,31,34)/b15-10+. The molecule has 1 N–H and O–H groups in total. The number of rotatable bonds is 7. The number of carbonyl (C=O) groups excluding carboxylic acids is 3. The first-order valence-corrected chi connectivity index (χ1v) is 12.5. The van der Waals surface area contributed by atoms with E-state index in [0.29, 0.717) is 48.0 Å². The summed E-state index contributed by atoms with van der Waals surface area (Å²) in [7, 11) is 0. The number of piperazine rings is 1. The molecule has 7 nitrogen and oxygen atoms in total. The predicted molar refractivity (Wildman–Crippen MR) is 146 cm³/mol. The van der Waals surface area contributed by atoms with Crippen LogP contribution in [0, 0.1) is 0 Å². The monoisotopic (exact) mass is 517 g/mol. The van der Waals surface area contributed by atoms with Crippen LogP contribution in [0.4, 0.5) is 11.4 Å². The van der Waals surface area contributed by atoms with Crippen molar-refractivity contribution in [2.75, 3.05) is 43.0 Å². The van der Waals surface area contributed by atoms with Gasteiger partial charge in [0.2, 0.25) is 5.91 Å². The van der Waals surface area contributed by atoms with Gasteiger partial charge in [-0.15, -0.1) is 0 Å². The molecule has 0 unspecified atom stereocenters. The lowest BCUT2D eigenvalue weighted by Gasteiger charge is -2.37. The molecule has 0 saturated carbocycles. The molecule has 0 aromatic heterocycles. The van der Waals surface area contributed by atoms with Gasteiger partial charge in [-0.3, -0.25) is 9.59 Å². The number of esters is 1. The van der Waals surface area contributed by atoms with Crippen LogP contribution in [-0.4, -0.2) is 55.5 Å². The van der Waals surface area contributed by atoms with Crippen LogP contribution in [0.2, 0.25) is 5.02 Å². The second-order valence-electron chi connectivity index (χ2n) is 8.47. The van der Waals surface area contributed by atoms with Gasteiger partial charge in [-0.1, -0.05) is 41.9 Å². The van der Waals surface area contributed by atoms with E-state index in [9.17, 15) is 14.4 Å². The average molecular weight is 518 g/mol. The minimum absolute atomic E-state index is 0.00114. The molecule has 0 radical (unpaired) electrons. The van der Waals surface area contributed by atoms with Crippen molar-refractivity contribution in [3.05, 3.63) is 101 Å². The Kier molecular flexibility index (Phi) is 8.59. The van der Waals surface area contributed by atoms with Crippen molar-refractivity contribution < 1.29 is 19.1 Å². The van der Waals surface area contributed by atoms with Crippen molar-refractivity contribution in [1.29, 1.82) is 0 Å². The maximum Gasteiger partial charge on any atom is 0.338 e. The van der Waals surface area contributed by atoms with Crippen LogP contribution in [-0.2, 0) is 9.53 Å². The van der Waals surface area contributed by atoms with Gasteiger partial charge in [0.25, 0.3) is 5.91 Å². The van der Waals surface area contributed by atoms with Gasteiger partial charge in [0.1, 0.15) is 0 Å². The number of nitrogens with zero attached hydrogens (tertiary/aromatic N) is 2. The van der Waals surface area contributed by atoms with E-state index in [0.717, 1.165) is 11.3 Å². The highest BCUT2D eigenvalue weighted by molar-refractivity contribution is 6.30. The number of amides is 2. The Labute approximate surface area is 221 Å². The van der Waals surface area contributed by atoms with Gasteiger partial charge in [-0.25, -0.2) is 4.79 Å². The van der Waals surface area contributed by atoms with Gasteiger partial charge in [0, 0.05) is 42.8 Å². The Bertz CT molecular complexity index is 1280. The third-order valence-electron chi connectivity index (χ3n) is 5.99. The molecule has 37 heavy (non-hydrogen) atoms. The normalized spacial score (nSPS) is 13.5. The molecule has 1 aliphatic rings. The summed E-state index contributed by atoms with van der Waals surface area (Å²) < 4.78 is 5.14. The zero-order chi connectivity index (χ0) is 26.2. The molecule has 0 bridgehead atoms. The molecular weight excluding hydrogens is 490 g/mol. The van der Waals surface area contributed by atoms with Crippen molar-refractivity contribution in [2.45, 2.75) is 6.92 Å². The Hall–Kier alpha value is -4.10. The van der Waals surface area contributed by atoms with Crippen molar-refractivity contribution in [3.63, 3.8) is 0 Å². The summed E-state index contributed by atoms with van der Waals surface area (Å²) in [4.78, 5) is 41.9. The fourth-order valence-electron chi connectivity index (χ4n) is 4.09. The number of benzene rings is 3. The van der Waals surface area contributed by atoms with Crippen molar-refractivity contribution in [3.8, 4) is 0 Å². The van der Waals surface area contributed by atoms with Gasteiger partial charge >= 0.3 is 5.97 Å². The Morgan fingerprint density at radius 1 is 0.919 bits per heavy atom. The highest BCUT2D eigenvalue weighted by Gasteiger charge is 2.24. The van der Waals surface area contributed by atoms with Gasteiger partial charge in [0.05, 0.1) is 23.5 Å². The minimum atomic E-state index is -0.459. The van der Waals surface area contributed by atoms with E-state index in [1.807, 2.05) is 47.4 Å². The van der Waals surface area contributed by atoms with Gasteiger partial charge in [0.15, 0.2) is 0 Å². The predicted octanol–water partition coefficient (Wildman–Crippen LogP) is 5.13. The van der Waals surface area contributed by atoms with Crippen LogP contribution in [0.5, 0.6) is 0 Å². The summed E-state index contributed by atoms with van der Waals surface area (Å²) in [6.07, 6.45) is 3.12. The molecule has 0 aliphatic carbocycles. The number of ether oxygens (including phenoxy) is 1. The molecule has 3 aromatic rings. The first-order valence-electron chi connectivity index (χ1n) is 12.1. The van der Waals surface area contributed by atoms with Crippen LogP contribution in [0.15, 0.2) is 78.9 Å². The molecule has 4 rings (SSSR count).